The van der Waals surface area contributed by atoms with Crippen molar-refractivity contribution in [3.8, 4) is 0 Å². The number of imidazole rings is 1. The zero-order valence-corrected chi connectivity index (χ0v) is 24.0. The molecule has 2 fully saturated rings. The number of aryl methyl sites for hydroxylation is 1. The molecular formula is C32H48N6. The van der Waals surface area contributed by atoms with E-state index >= 15 is 0 Å². The SMILES string of the molecule is C=Cc1nc(CN(C)[C@H]2CCCc3cccnc32)n(C[C@H]2CCCN(C[C@H]3CCCN3C(C)C)C2)c1C=C. The molecule has 2 saturated heterocycles. The molecule has 6 nitrogen and oxygen atoms in total. The van der Waals surface area contributed by atoms with Gasteiger partial charge < -0.3 is 9.47 Å². The number of pyridine rings is 1. The predicted molar refractivity (Wildman–Crippen MR) is 158 cm³/mol. The molecule has 2 aromatic rings. The monoisotopic (exact) mass is 516 g/mol. The highest BCUT2D eigenvalue weighted by Gasteiger charge is 2.31. The minimum Gasteiger partial charge on any atom is -0.327 e. The number of piperidine rings is 1. The van der Waals surface area contributed by atoms with Crippen LogP contribution >= 0.6 is 0 Å². The molecule has 1 aliphatic carbocycles. The molecule has 2 aliphatic heterocycles. The molecule has 6 heteroatoms. The summed E-state index contributed by atoms with van der Waals surface area (Å²) >= 11 is 0. The topological polar surface area (TPSA) is 40.4 Å². The summed E-state index contributed by atoms with van der Waals surface area (Å²) in [6, 6.07) is 6.02. The molecule has 0 amide bonds. The van der Waals surface area contributed by atoms with Gasteiger partial charge in [0, 0.05) is 37.9 Å². The molecule has 0 radical (unpaired) electrons. The minimum absolute atomic E-state index is 0.338. The number of hydrogen-bond acceptors (Lipinski definition) is 5. The van der Waals surface area contributed by atoms with Gasteiger partial charge in [-0.25, -0.2) is 4.98 Å². The van der Waals surface area contributed by atoms with E-state index in [1.807, 2.05) is 18.3 Å². The van der Waals surface area contributed by atoms with Gasteiger partial charge in [-0.15, -0.1) is 0 Å². The fraction of sp³-hybridized carbons (Fsp3) is 0.625. The number of fused-ring (bicyclic) bond motifs is 1. The maximum atomic E-state index is 5.08. The Morgan fingerprint density at radius 2 is 1.92 bits per heavy atom. The molecule has 2 aromatic heterocycles. The first-order valence-electron chi connectivity index (χ1n) is 14.9. The molecule has 3 atom stereocenters. The Labute approximate surface area is 230 Å². The van der Waals surface area contributed by atoms with E-state index in [-0.39, 0.29) is 0 Å². The van der Waals surface area contributed by atoms with Gasteiger partial charge in [-0.1, -0.05) is 19.2 Å². The van der Waals surface area contributed by atoms with Crippen LogP contribution in [0, 0.1) is 5.92 Å². The van der Waals surface area contributed by atoms with Gasteiger partial charge in [-0.3, -0.25) is 14.8 Å². The third-order valence-corrected chi connectivity index (χ3v) is 9.19. The highest BCUT2D eigenvalue weighted by molar-refractivity contribution is 5.58. The fourth-order valence-electron chi connectivity index (χ4n) is 7.33. The van der Waals surface area contributed by atoms with Crippen molar-refractivity contribution >= 4 is 12.2 Å². The summed E-state index contributed by atoms with van der Waals surface area (Å²) in [7, 11) is 2.24. The van der Waals surface area contributed by atoms with Gasteiger partial charge in [0.2, 0.25) is 0 Å². The highest BCUT2D eigenvalue weighted by atomic mass is 15.3. The molecule has 0 N–H and O–H groups in total. The number of rotatable bonds is 10. The second-order valence-electron chi connectivity index (χ2n) is 12.1. The third-order valence-electron chi connectivity index (χ3n) is 9.19. The van der Waals surface area contributed by atoms with Crippen LogP contribution in [-0.4, -0.2) is 74.5 Å². The standard InChI is InChI=1S/C32H48N6/c1-6-28-29(7-2)38(21-25-12-10-18-36(20-25)22-27-15-11-19-37(27)24(3)4)31(34-28)23-35(5)30-16-8-13-26-14-9-17-33-32(26)30/h6-7,9,14,17,24-25,27,30H,1-2,8,10-13,15-16,18-23H2,3-5H3/t25-,27+,30-/m0/s1. The lowest BCUT2D eigenvalue weighted by Crippen LogP contribution is -2.46. The molecule has 3 aliphatic rings. The Hall–Kier alpha value is -2.28. The lowest BCUT2D eigenvalue weighted by Gasteiger charge is -2.38. The first kappa shape index (κ1) is 27.3. The van der Waals surface area contributed by atoms with Gasteiger partial charge in [-0.2, -0.15) is 0 Å². The van der Waals surface area contributed by atoms with Crippen LogP contribution in [0.25, 0.3) is 12.2 Å². The maximum Gasteiger partial charge on any atom is 0.124 e. The van der Waals surface area contributed by atoms with Gasteiger partial charge in [0.05, 0.1) is 29.7 Å². The Morgan fingerprint density at radius 1 is 1.08 bits per heavy atom. The molecule has 0 spiro atoms. The molecule has 206 valence electrons. The molecule has 0 aromatic carbocycles. The van der Waals surface area contributed by atoms with Gasteiger partial charge >= 0.3 is 0 Å². The van der Waals surface area contributed by atoms with Crippen LogP contribution in [-0.2, 0) is 19.5 Å². The summed E-state index contributed by atoms with van der Waals surface area (Å²) in [5.74, 6) is 1.75. The lowest BCUT2D eigenvalue weighted by atomic mass is 9.91. The van der Waals surface area contributed by atoms with Crippen LogP contribution in [0.2, 0.25) is 0 Å². The van der Waals surface area contributed by atoms with Crippen molar-refractivity contribution in [2.75, 3.05) is 33.2 Å². The molecule has 4 heterocycles. The van der Waals surface area contributed by atoms with E-state index in [1.165, 1.54) is 69.5 Å². The van der Waals surface area contributed by atoms with Crippen molar-refractivity contribution in [3.63, 3.8) is 0 Å². The van der Waals surface area contributed by atoms with Crippen LogP contribution in [0.4, 0.5) is 0 Å². The van der Waals surface area contributed by atoms with Crippen LogP contribution in [0.1, 0.15) is 86.9 Å². The fourth-order valence-corrected chi connectivity index (χ4v) is 7.33. The summed E-state index contributed by atoms with van der Waals surface area (Å²) in [5, 5.41) is 0. The normalized spacial score (nSPS) is 24.7. The first-order valence-corrected chi connectivity index (χ1v) is 14.9. The van der Waals surface area contributed by atoms with Crippen molar-refractivity contribution in [2.45, 2.75) is 90.0 Å². The van der Waals surface area contributed by atoms with Crippen molar-refractivity contribution in [1.82, 2.24) is 29.2 Å². The van der Waals surface area contributed by atoms with Gasteiger partial charge in [0.15, 0.2) is 0 Å². The molecule has 0 bridgehead atoms. The Kier molecular flexibility index (Phi) is 8.81. The average Bonchev–Trinajstić information content (AvgIpc) is 3.52. The van der Waals surface area contributed by atoms with Gasteiger partial charge in [0.25, 0.3) is 0 Å². The summed E-state index contributed by atoms with van der Waals surface area (Å²) in [6.07, 6.45) is 14.6. The lowest BCUT2D eigenvalue weighted by molar-refractivity contribution is 0.106. The number of hydrogen-bond donors (Lipinski definition) is 0. The van der Waals surface area contributed by atoms with Crippen LogP contribution in [0.15, 0.2) is 31.5 Å². The molecule has 5 rings (SSSR count). The summed E-state index contributed by atoms with van der Waals surface area (Å²) in [4.78, 5) is 17.8. The second-order valence-corrected chi connectivity index (χ2v) is 12.1. The first-order chi connectivity index (χ1) is 18.5. The van der Waals surface area contributed by atoms with Crippen LogP contribution in [0.5, 0.6) is 0 Å². The van der Waals surface area contributed by atoms with Crippen LogP contribution in [0.3, 0.4) is 0 Å². The van der Waals surface area contributed by atoms with E-state index in [2.05, 4.69) is 65.5 Å². The average molecular weight is 517 g/mol. The number of aromatic nitrogens is 3. The summed E-state index contributed by atoms with van der Waals surface area (Å²) in [5.41, 5.74) is 4.72. The summed E-state index contributed by atoms with van der Waals surface area (Å²) < 4.78 is 2.45. The quantitative estimate of drug-likeness (QED) is 0.408. The minimum atomic E-state index is 0.338. The number of nitrogens with zero attached hydrogens (tertiary/aromatic N) is 6. The molecule has 0 saturated carbocycles. The largest absolute Gasteiger partial charge is 0.327 e. The molecule has 0 unspecified atom stereocenters. The van der Waals surface area contributed by atoms with E-state index in [9.17, 15) is 0 Å². The zero-order chi connectivity index (χ0) is 26.6. The van der Waals surface area contributed by atoms with E-state index in [0.29, 0.717) is 24.0 Å². The van der Waals surface area contributed by atoms with E-state index < -0.39 is 0 Å². The van der Waals surface area contributed by atoms with Crippen molar-refractivity contribution < 1.29 is 0 Å². The van der Waals surface area contributed by atoms with E-state index in [0.717, 1.165) is 43.1 Å². The third kappa shape index (κ3) is 5.83. The molecule has 38 heavy (non-hydrogen) atoms. The van der Waals surface area contributed by atoms with Crippen molar-refractivity contribution in [1.29, 1.82) is 0 Å². The highest BCUT2D eigenvalue weighted by Crippen LogP contribution is 2.33. The predicted octanol–water partition coefficient (Wildman–Crippen LogP) is 5.66. The maximum absolute atomic E-state index is 5.08. The molecular weight excluding hydrogens is 468 g/mol. The van der Waals surface area contributed by atoms with Gasteiger partial charge in [-0.05, 0) is 109 Å². The van der Waals surface area contributed by atoms with Crippen molar-refractivity contribution in [3.05, 3.63) is 60.0 Å². The van der Waals surface area contributed by atoms with E-state index in [1.54, 1.807) is 0 Å². The second kappa shape index (κ2) is 12.3. The Balaban J connectivity index is 1.31. The summed E-state index contributed by atoms with van der Waals surface area (Å²) in [6.45, 7) is 19.6. The Morgan fingerprint density at radius 3 is 2.71 bits per heavy atom. The van der Waals surface area contributed by atoms with E-state index in [4.69, 9.17) is 9.97 Å². The Bertz CT molecular complexity index is 1100. The van der Waals surface area contributed by atoms with Crippen LogP contribution < -0.4 is 0 Å². The van der Waals surface area contributed by atoms with Gasteiger partial charge in [0.1, 0.15) is 5.82 Å². The number of likely N-dealkylation sites (tertiary alicyclic amines) is 2. The van der Waals surface area contributed by atoms with Crippen molar-refractivity contribution in [2.24, 2.45) is 5.92 Å². The zero-order valence-electron chi connectivity index (χ0n) is 24.0. The smallest absolute Gasteiger partial charge is 0.124 e.